The zero-order chi connectivity index (χ0) is 10.2. The molecule has 1 unspecified atom stereocenters. The lowest BCUT2D eigenvalue weighted by Gasteiger charge is -2.20. The Bertz CT molecular complexity index is 329. The lowest BCUT2D eigenvalue weighted by molar-refractivity contribution is 0.0645. The Morgan fingerprint density at radius 1 is 1.57 bits per heavy atom. The molecular weight excluding hydrogens is 200 g/mol. The Kier molecular flexibility index (Phi) is 2.23. The molecule has 0 N–H and O–H groups in total. The molecule has 0 saturated carbocycles. The molecular formula is C10H12O3S. The fraction of sp³-hybridized carbons (Fsp3) is 0.500. The van der Waals surface area contributed by atoms with E-state index in [-0.39, 0.29) is 6.10 Å². The van der Waals surface area contributed by atoms with Crippen LogP contribution < -0.4 is 0 Å². The average Bonchev–Trinajstić information content (AvgIpc) is 2.61. The van der Waals surface area contributed by atoms with Gasteiger partial charge in [-0.2, -0.15) is 11.3 Å². The standard InChI is InChI=1S/C10H12O3S/c1-10(2)8(12-9(11)13-10)5-7-3-4-14-6-7/h3-4,6,8H,5H2,1-2H3. The molecule has 1 saturated heterocycles. The second kappa shape index (κ2) is 3.28. The van der Waals surface area contributed by atoms with Gasteiger partial charge in [-0.05, 0) is 36.2 Å². The molecule has 0 aliphatic carbocycles. The van der Waals surface area contributed by atoms with E-state index in [1.54, 1.807) is 11.3 Å². The summed E-state index contributed by atoms with van der Waals surface area (Å²) in [6.45, 7) is 3.74. The fourth-order valence-corrected chi connectivity index (χ4v) is 2.15. The molecule has 0 amide bonds. The van der Waals surface area contributed by atoms with Crippen molar-refractivity contribution < 1.29 is 14.3 Å². The Balaban J connectivity index is 2.08. The normalized spacial score (nSPS) is 24.4. The third-order valence-electron chi connectivity index (χ3n) is 2.36. The highest BCUT2D eigenvalue weighted by Gasteiger charge is 2.43. The van der Waals surface area contributed by atoms with E-state index in [9.17, 15) is 4.79 Å². The molecule has 4 heteroatoms. The van der Waals surface area contributed by atoms with Gasteiger partial charge in [0.15, 0.2) is 0 Å². The first kappa shape index (κ1) is 9.52. The maximum atomic E-state index is 11.0. The summed E-state index contributed by atoms with van der Waals surface area (Å²) in [4.78, 5) is 11.0. The zero-order valence-corrected chi connectivity index (χ0v) is 8.97. The second-order valence-corrected chi connectivity index (χ2v) is 4.68. The lowest BCUT2D eigenvalue weighted by atomic mass is 9.97. The monoisotopic (exact) mass is 212 g/mol. The highest BCUT2D eigenvalue weighted by Crippen LogP contribution is 2.29. The van der Waals surface area contributed by atoms with E-state index >= 15 is 0 Å². The lowest BCUT2D eigenvalue weighted by Crippen LogP contribution is -2.34. The van der Waals surface area contributed by atoms with Gasteiger partial charge in [0.05, 0.1) is 0 Å². The minimum atomic E-state index is -0.560. The van der Waals surface area contributed by atoms with Gasteiger partial charge in [-0.1, -0.05) is 0 Å². The van der Waals surface area contributed by atoms with E-state index in [1.807, 2.05) is 25.3 Å². The molecule has 0 bridgehead atoms. The third kappa shape index (κ3) is 1.75. The van der Waals surface area contributed by atoms with Crippen molar-refractivity contribution in [1.82, 2.24) is 0 Å². The Morgan fingerprint density at radius 2 is 2.36 bits per heavy atom. The van der Waals surface area contributed by atoms with Gasteiger partial charge in [0.1, 0.15) is 11.7 Å². The van der Waals surface area contributed by atoms with Crippen LogP contribution in [0.15, 0.2) is 16.8 Å². The second-order valence-electron chi connectivity index (χ2n) is 3.90. The Morgan fingerprint density at radius 3 is 2.86 bits per heavy atom. The maximum Gasteiger partial charge on any atom is 0.509 e. The minimum absolute atomic E-state index is 0.176. The summed E-state index contributed by atoms with van der Waals surface area (Å²) >= 11 is 1.64. The average molecular weight is 212 g/mol. The van der Waals surface area contributed by atoms with Gasteiger partial charge in [-0.25, -0.2) is 4.79 Å². The van der Waals surface area contributed by atoms with Crippen molar-refractivity contribution >= 4 is 17.5 Å². The largest absolute Gasteiger partial charge is 0.509 e. The molecule has 0 aromatic carbocycles. The van der Waals surface area contributed by atoms with Crippen LogP contribution in [0.3, 0.4) is 0 Å². The summed E-state index contributed by atoms with van der Waals surface area (Å²) in [5.74, 6) is 0. The summed E-state index contributed by atoms with van der Waals surface area (Å²) in [5, 5.41) is 4.07. The van der Waals surface area contributed by atoms with Crippen LogP contribution in [0.2, 0.25) is 0 Å². The van der Waals surface area contributed by atoms with Gasteiger partial charge in [0.2, 0.25) is 0 Å². The maximum absolute atomic E-state index is 11.0. The highest BCUT2D eigenvalue weighted by molar-refractivity contribution is 7.07. The van der Waals surface area contributed by atoms with Crippen molar-refractivity contribution in [3.8, 4) is 0 Å². The molecule has 76 valence electrons. The van der Waals surface area contributed by atoms with Gasteiger partial charge in [-0.3, -0.25) is 0 Å². The molecule has 3 nitrogen and oxygen atoms in total. The van der Waals surface area contributed by atoms with E-state index in [0.29, 0.717) is 0 Å². The van der Waals surface area contributed by atoms with E-state index in [4.69, 9.17) is 9.47 Å². The number of carbonyl (C=O) groups excluding carboxylic acids is 1. The number of hydrogen-bond acceptors (Lipinski definition) is 4. The molecule has 0 radical (unpaired) electrons. The van der Waals surface area contributed by atoms with Crippen molar-refractivity contribution in [2.75, 3.05) is 0 Å². The van der Waals surface area contributed by atoms with Crippen molar-refractivity contribution in [1.29, 1.82) is 0 Å². The number of cyclic esters (lactones) is 2. The van der Waals surface area contributed by atoms with Gasteiger partial charge >= 0.3 is 6.16 Å². The van der Waals surface area contributed by atoms with Crippen molar-refractivity contribution in [2.45, 2.75) is 32.0 Å². The third-order valence-corrected chi connectivity index (χ3v) is 3.09. The quantitative estimate of drug-likeness (QED) is 0.707. The number of rotatable bonds is 2. The van der Waals surface area contributed by atoms with Gasteiger partial charge in [0.25, 0.3) is 0 Å². The Hall–Kier alpha value is -1.03. The first-order valence-corrected chi connectivity index (χ1v) is 5.43. The van der Waals surface area contributed by atoms with Crippen LogP contribution in [0.5, 0.6) is 0 Å². The molecule has 1 aromatic rings. The van der Waals surface area contributed by atoms with E-state index in [1.165, 1.54) is 5.56 Å². The zero-order valence-electron chi connectivity index (χ0n) is 8.15. The molecule has 0 spiro atoms. The summed E-state index contributed by atoms with van der Waals surface area (Å²) in [6, 6.07) is 2.03. The summed E-state index contributed by atoms with van der Waals surface area (Å²) in [7, 11) is 0. The predicted octanol–water partition coefficient (Wildman–Crippen LogP) is 2.60. The summed E-state index contributed by atoms with van der Waals surface area (Å²) < 4.78 is 10.1. The van der Waals surface area contributed by atoms with Crippen LogP contribution >= 0.6 is 11.3 Å². The van der Waals surface area contributed by atoms with Crippen molar-refractivity contribution in [3.05, 3.63) is 22.4 Å². The summed E-state index contributed by atoms with van der Waals surface area (Å²) in [5.41, 5.74) is 0.672. The molecule has 2 heterocycles. The molecule has 1 aliphatic rings. The van der Waals surface area contributed by atoms with Crippen molar-refractivity contribution in [2.24, 2.45) is 0 Å². The number of thiophene rings is 1. The van der Waals surface area contributed by atoms with E-state index in [2.05, 4.69) is 5.38 Å². The fourth-order valence-electron chi connectivity index (χ4n) is 1.47. The molecule has 1 fully saturated rings. The number of ether oxygens (including phenoxy) is 2. The molecule has 1 atom stereocenters. The summed E-state index contributed by atoms with van der Waals surface area (Å²) in [6.07, 6.45) is -0.0118. The Labute approximate surface area is 86.6 Å². The van der Waals surface area contributed by atoms with Gasteiger partial charge < -0.3 is 9.47 Å². The predicted molar refractivity (Wildman–Crippen MR) is 53.5 cm³/mol. The molecule has 2 rings (SSSR count). The highest BCUT2D eigenvalue weighted by atomic mass is 32.1. The molecule has 1 aliphatic heterocycles. The topological polar surface area (TPSA) is 35.5 Å². The van der Waals surface area contributed by atoms with Crippen LogP contribution in [-0.2, 0) is 15.9 Å². The van der Waals surface area contributed by atoms with Crippen LogP contribution in [-0.4, -0.2) is 17.9 Å². The van der Waals surface area contributed by atoms with Crippen LogP contribution in [0.25, 0.3) is 0 Å². The van der Waals surface area contributed by atoms with Crippen LogP contribution in [0.4, 0.5) is 4.79 Å². The smallest absolute Gasteiger partial charge is 0.426 e. The van der Waals surface area contributed by atoms with Crippen LogP contribution in [0.1, 0.15) is 19.4 Å². The number of hydrogen-bond donors (Lipinski definition) is 0. The van der Waals surface area contributed by atoms with Gasteiger partial charge in [-0.15, -0.1) is 0 Å². The molecule has 14 heavy (non-hydrogen) atoms. The van der Waals surface area contributed by atoms with Crippen LogP contribution in [0, 0.1) is 0 Å². The van der Waals surface area contributed by atoms with E-state index < -0.39 is 11.8 Å². The minimum Gasteiger partial charge on any atom is -0.426 e. The molecule has 1 aromatic heterocycles. The van der Waals surface area contributed by atoms with Crippen molar-refractivity contribution in [3.63, 3.8) is 0 Å². The first-order chi connectivity index (χ1) is 6.58. The SMILES string of the molecule is CC1(C)OC(=O)OC1Cc1ccsc1. The first-order valence-electron chi connectivity index (χ1n) is 4.48. The van der Waals surface area contributed by atoms with Gasteiger partial charge in [0, 0.05) is 6.42 Å². The number of carbonyl (C=O) groups is 1. The van der Waals surface area contributed by atoms with E-state index in [0.717, 1.165) is 6.42 Å².